The van der Waals surface area contributed by atoms with Gasteiger partial charge in [0.15, 0.2) is 0 Å². The van der Waals surface area contributed by atoms with Crippen molar-refractivity contribution >= 4 is 23.4 Å². The molecule has 4 heteroatoms. The largest absolute Gasteiger partial charge is 0.497 e. The number of amides is 1. The first-order valence-corrected chi connectivity index (χ1v) is 8.69. The van der Waals surface area contributed by atoms with Gasteiger partial charge in [0.2, 0.25) is 5.91 Å². The molecular weight excluding hydrogens is 306 g/mol. The molecule has 23 heavy (non-hydrogen) atoms. The topological polar surface area (TPSA) is 38.3 Å². The second kappa shape index (κ2) is 8.63. The predicted octanol–water partition coefficient (Wildman–Crippen LogP) is 5.29. The molecule has 0 aromatic heterocycles. The van der Waals surface area contributed by atoms with Gasteiger partial charge >= 0.3 is 0 Å². The number of nitrogens with one attached hydrogen (secondary N) is 1. The molecule has 1 atom stereocenters. The van der Waals surface area contributed by atoms with Gasteiger partial charge in [0, 0.05) is 22.8 Å². The Bertz CT molecular complexity index is 643. The molecule has 0 aliphatic carbocycles. The van der Waals surface area contributed by atoms with Crippen LogP contribution in [0.1, 0.15) is 37.5 Å². The van der Waals surface area contributed by atoms with E-state index in [2.05, 4.69) is 24.4 Å². The summed E-state index contributed by atoms with van der Waals surface area (Å²) in [6, 6.07) is 16.2. The molecule has 1 amide bonds. The standard InChI is InChI=1S/C19H23NO2S/c1-4-8-19(23-16-9-6-5-7-10-16)17-13-15(22-3)11-12-18(17)20-14(2)21/h5-7,9-13,19H,4,8H2,1-3H3,(H,20,21). The molecule has 2 rings (SSSR count). The van der Waals surface area contributed by atoms with E-state index < -0.39 is 0 Å². The summed E-state index contributed by atoms with van der Waals surface area (Å²) < 4.78 is 5.37. The highest BCUT2D eigenvalue weighted by atomic mass is 32.2. The zero-order valence-electron chi connectivity index (χ0n) is 13.8. The minimum Gasteiger partial charge on any atom is -0.497 e. The van der Waals surface area contributed by atoms with Crippen molar-refractivity contribution in [1.82, 2.24) is 0 Å². The summed E-state index contributed by atoms with van der Waals surface area (Å²) in [5.41, 5.74) is 1.97. The second-order valence-corrected chi connectivity index (χ2v) is 6.62. The van der Waals surface area contributed by atoms with Gasteiger partial charge in [0.1, 0.15) is 5.75 Å². The first-order valence-electron chi connectivity index (χ1n) is 7.81. The average molecular weight is 329 g/mol. The molecule has 0 bridgehead atoms. The molecule has 1 unspecified atom stereocenters. The van der Waals surface area contributed by atoms with E-state index >= 15 is 0 Å². The lowest BCUT2D eigenvalue weighted by atomic mass is 10.0. The molecule has 0 fully saturated rings. The van der Waals surface area contributed by atoms with E-state index in [9.17, 15) is 4.79 Å². The van der Waals surface area contributed by atoms with Crippen LogP contribution in [0, 0.1) is 0 Å². The Hall–Kier alpha value is -1.94. The Morgan fingerprint density at radius 3 is 2.57 bits per heavy atom. The van der Waals surface area contributed by atoms with Gasteiger partial charge < -0.3 is 10.1 Å². The lowest BCUT2D eigenvalue weighted by Gasteiger charge is -2.21. The molecule has 0 radical (unpaired) electrons. The van der Waals surface area contributed by atoms with Gasteiger partial charge in [-0.05, 0) is 42.3 Å². The smallest absolute Gasteiger partial charge is 0.221 e. The maximum absolute atomic E-state index is 11.5. The van der Waals surface area contributed by atoms with Crippen LogP contribution in [-0.2, 0) is 4.79 Å². The first-order chi connectivity index (χ1) is 11.1. The molecular formula is C19H23NO2S. The summed E-state index contributed by atoms with van der Waals surface area (Å²) in [7, 11) is 1.66. The number of thioether (sulfide) groups is 1. The summed E-state index contributed by atoms with van der Waals surface area (Å²) in [6.07, 6.45) is 2.10. The Morgan fingerprint density at radius 1 is 1.22 bits per heavy atom. The number of hydrogen-bond acceptors (Lipinski definition) is 3. The fourth-order valence-corrected chi connectivity index (χ4v) is 3.76. The van der Waals surface area contributed by atoms with Crippen LogP contribution in [0.3, 0.4) is 0 Å². The maximum atomic E-state index is 11.5. The number of benzene rings is 2. The third kappa shape index (κ3) is 5.03. The highest BCUT2D eigenvalue weighted by Crippen LogP contribution is 2.42. The average Bonchev–Trinajstić information content (AvgIpc) is 2.55. The summed E-state index contributed by atoms with van der Waals surface area (Å²) in [6.45, 7) is 3.71. The minimum absolute atomic E-state index is 0.0589. The fourth-order valence-electron chi connectivity index (χ4n) is 2.44. The SMILES string of the molecule is CCCC(Sc1ccccc1)c1cc(OC)ccc1NC(C)=O. The van der Waals surface area contributed by atoms with Crippen LogP contribution in [0.15, 0.2) is 53.4 Å². The number of hydrogen-bond donors (Lipinski definition) is 1. The molecule has 2 aromatic rings. The molecule has 0 aliphatic heterocycles. The molecule has 0 heterocycles. The number of carbonyl (C=O) groups excluding carboxylic acids is 1. The molecule has 0 aliphatic rings. The quantitative estimate of drug-likeness (QED) is 0.702. The van der Waals surface area contributed by atoms with Gasteiger partial charge in [-0.2, -0.15) is 0 Å². The molecule has 3 nitrogen and oxygen atoms in total. The molecule has 2 aromatic carbocycles. The Kier molecular flexibility index (Phi) is 6.53. The van der Waals surface area contributed by atoms with Crippen molar-refractivity contribution in [2.24, 2.45) is 0 Å². The molecule has 1 N–H and O–H groups in total. The van der Waals surface area contributed by atoms with Crippen LogP contribution in [0.4, 0.5) is 5.69 Å². The Labute approximate surface area is 142 Å². The zero-order chi connectivity index (χ0) is 16.7. The van der Waals surface area contributed by atoms with Gasteiger partial charge in [-0.1, -0.05) is 31.5 Å². The molecule has 0 spiro atoms. The van der Waals surface area contributed by atoms with Gasteiger partial charge in [-0.25, -0.2) is 0 Å². The molecule has 122 valence electrons. The number of rotatable bonds is 7. The monoisotopic (exact) mass is 329 g/mol. The Balaban J connectivity index is 2.37. The van der Waals surface area contributed by atoms with Crippen LogP contribution in [0.5, 0.6) is 5.75 Å². The van der Waals surface area contributed by atoms with Gasteiger partial charge in [0.25, 0.3) is 0 Å². The highest BCUT2D eigenvalue weighted by Gasteiger charge is 2.18. The summed E-state index contributed by atoms with van der Waals surface area (Å²) >= 11 is 1.82. The van der Waals surface area contributed by atoms with E-state index in [1.807, 2.05) is 48.2 Å². The van der Waals surface area contributed by atoms with Gasteiger partial charge in [-0.15, -0.1) is 11.8 Å². The van der Waals surface area contributed by atoms with Crippen molar-refractivity contribution in [3.63, 3.8) is 0 Å². The zero-order valence-corrected chi connectivity index (χ0v) is 14.7. The van der Waals surface area contributed by atoms with Crippen molar-refractivity contribution < 1.29 is 9.53 Å². The number of anilines is 1. The summed E-state index contributed by atoms with van der Waals surface area (Å²) in [4.78, 5) is 12.7. The summed E-state index contributed by atoms with van der Waals surface area (Å²) in [5, 5.41) is 3.20. The lowest BCUT2D eigenvalue weighted by Crippen LogP contribution is -2.09. The van der Waals surface area contributed by atoms with Gasteiger partial charge in [-0.3, -0.25) is 4.79 Å². The highest BCUT2D eigenvalue weighted by molar-refractivity contribution is 7.99. The van der Waals surface area contributed by atoms with E-state index in [4.69, 9.17) is 4.74 Å². The van der Waals surface area contributed by atoms with Crippen molar-refractivity contribution in [2.45, 2.75) is 36.8 Å². The number of ether oxygens (including phenoxy) is 1. The van der Waals surface area contributed by atoms with E-state index in [-0.39, 0.29) is 11.2 Å². The minimum atomic E-state index is -0.0589. The summed E-state index contributed by atoms with van der Waals surface area (Å²) in [5.74, 6) is 0.750. The fraction of sp³-hybridized carbons (Fsp3) is 0.316. The number of methoxy groups -OCH3 is 1. The Morgan fingerprint density at radius 2 is 1.96 bits per heavy atom. The van der Waals surface area contributed by atoms with E-state index in [0.717, 1.165) is 29.8 Å². The van der Waals surface area contributed by atoms with E-state index in [1.54, 1.807) is 7.11 Å². The van der Waals surface area contributed by atoms with Crippen LogP contribution in [0.2, 0.25) is 0 Å². The van der Waals surface area contributed by atoms with Crippen molar-refractivity contribution in [3.8, 4) is 5.75 Å². The van der Waals surface area contributed by atoms with Crippen LogP contribution in [0.25, 0.3) is 0 Å². The predicted molar refractivity (Wildman–Crippen MR) is 97.2 cm³/mol. The molecule has 0 saturated carbocycles. The third-order valence-electron chi connectivity index (χ3n) is 3.49. The maximum Gasteiger partial charge on any atom is 0.221 e. The van der Waals surface area contributed by atoms with E-state index in [0.29, 0.717) is 0 Å². The molecule has 0 saturated heterocycles. The number of carbonyl (C=O) groups is 1. The first kappa shape index (κ1) is 17.4. The van der Waals surface area contributed by atoms with Crippen molar-refractivity contribution in [2.75, 3.05) is 12.4 Å². The third-order valence-corrected chi connectivity index (χ3v) is 4.81. The van der Waals surface area contributed by atoms with Crippen LogP contribution < -0.4 is 10.1 Å². The van der Waals surface area contributed by atoms with Gasteiger partial charge in [0.05, 0.1) is 7.11 Å². The second-order valence-electron chi connectivity index (χ2n) is 5.34. The van der Waals surface area contributed by atoms with Crippen molar-refractivity contribution in [1.29, 1.82) is 0 Å². The lowest BCUT2D eigenvalue weighted by molar-refractivity contribution is -0.114. The van der Waals surface area contributed by atoms with E-state index in [1.165, 1.54) is 11.8 Å². The van der Waals surface area contributed by atoms with Crippen LogP contribution in [-0.4, -0.2) is 13.0 Å². The normalized spacial score (nSPS) is 11.8. The van der Waals surface area contributed by atoms with Crippen LogP contribution >= 0.6 is 11.8 Å². The van der Waals surface area contributed by atoms with Crippen molar-refractivity contribution in [3.05, 3.63) is 54.1 Å².